The molecule has 6 nitrogen and oxygen atoms in total. The third-order valence-corrected chi connectivity index (χ3v) is 4.27. The first-order valence-corrected chi connectivity index (χ1v) is 8.30. The van der Waals surface area contributed by atoms with Crippen molar-refractivity contribution in [2.75, 3.05) is 13.7 Å². The molecule has 0 bridgehead atoms. The predicted octanol–water partition coefficient (Wildman–Crippen LogP) is 2.73. The van der Waals surface area contributed by atoms with Crippen molar-refractivity contribution < 1.29 is 13.9 Å². The molecular formula is C17H23FN4O2. The molecular weight excluding hydrogens is 311 g/mol. The molecule has 7 heteroatoms. The molecule has 24 heavy (non-hydrogen) atoms. The molecule has 0 aromatic carbocycles. The maximum Gasteiger partial charge on any atom is 0.406 e. The van der Waals surface area contributed by atoms with E-state index in [1.807, 2.05) is 10.8 Å². The van der Waals surface area contributed by atoms with Gasteiger partial charge in [0.05, 0.1) is 13.3 Å². The minimum absolute atomic E-state index is 0.151. The van der Waals surface area contributed by atoms with Gasteiger partial charge in [0, 0.05) is 36.8 Å². The molecule has 2 aromatic heterocycles. The number of halogens is 1. The Bertz CT molecular complexity index is 727. The summed E-state index contributed by atoms with van der Waals surface area (Å²) in [6.45, 7) is 3.30. The van der Waals surface area contributed by atoms with Crippen LogP contribution >= 0.6 is 0 Å². The van der Waals surface area contributed by atoms with Crippen molar-refractivity contribution in [3.05, 3.63) is 29.8 Å². The second-order valence-electron chi connectivity index (χ2n) is 6.24. The van der Waals surface area contributed by atoms with Crippen LogP contribution in [0.5, 0.6) is 0 Å². The molecule has 1 unspecified atom stereocenters. The number of aryl methyl sites for hydroxylation is 1. The zero-order valence-electron chi connectivity index (χ0n) is 14.0. The van der Waals surface area contributed by atoms with Crippen LogP contribution in [-0.2, 0) is 11.3 Å². The number of ether oxygens (including phenoxy) is 1. The van der Waals surface area contributed by atoms with Gasteiger partial charge in [0.1, 0.15) is 11.5 Å². The van der Waals surface area contributed by atoms with Gasteiger partial charge in [-0.2, -0.15) is 0 Å². The van der Waals surface area contributed by atoms with Gasteiger partial charge in [-0.25, -0.2) is 14.2 Å². The molecule has 3 rings (SSSR count). The number of amides is 1. The highest BCUT2D eigenvalue weighted by atomic mass is 19.1. The first-order chi connectivity index (χ1) is 11.6. The van der Waals surface area contributed by atoms with Crippen molar-refractivity contribution in [3.8, 4) is 0 Å². The van der Waals surface area contributed by atoms with Crippen LogP contribution in [0.15, 0.2) is 18.5 Å². The van der Waals surface area contributed by atoms with Crippen molar-refractivity contribution in [3.63, 3.8) is 0 Å². The third kappa shape index (κ3) is 3.84. The van der Waals surface area contributed by atoms with Crippen LogP contribution in [0.1, 0.15) is 37.8 Å². The van der Waals surface area contributed by atoms with E-state index in [0.29, 0.717) is 19.1 Å². The first kappa shape index (κ1) is 16.7. The van der Waals surface area contributed by atoms with Gasteiger partial charge in [0.2, 0.25) is 0 Å². The van der Waals surface area contributed by atoms with E-state index in [1.54, 1.807) is 6.07 Å². The van der Waals surface area contributed by atoms with E-state index in [-0.39, 0.29) is 11.9 Å². The number of aromatic nitrogens is 2. The van der Waals surface area contributed by atoms with Gasteiger partial charge in [-0.1, -0.05) is 0 Å². The maximum atomic E-state index is 13.6. The second-order valence-corrected chi connectivity index (χ2v) is 6.24. The highest BCUT2D eigenvalue weighted by Crippen LogP contribution is 2.29. The Morgan fingerprint density at radius 2 is 2.33 bits per heavy atom. The quantitative estimate of drug-likeness (QED) is 0.764. The molecule has 1 aliphatic rings. The van der Waals surface area contributed by atoms with Crippen LogP contribution in [0, 0.1) is 5.82 Å². The molecule has 1 amide bonds. The van der Waals surface area contributed by atoms with Gasteiger partial charge < -0.3 is 19.9 Å². The van der Waals surface area contributed by atoms with Crippen LogP contribution in [0.4, 0.5) is 9.18 Å². The molecule has 2 N–H and O–H groups in total. The van der Waals surface area contributed by atoms with E-state index in [9.17, 15) is 9.18 Å². The van der Waals surface area contributed by atoms with Gasteiger partial charge in [-0.3, -0.25) is 0 Å². The van der Waals surface area contributed by atoms with E-state index in [1.165, 1.54) is 26.1 Å². The van der Waals surface area contributed by atoms with E-state index < -0.39 is 6.09 Å². The summed E-state index contributed by atoms with van der Waals surface area (Å²) >= 11 is 0. The predicted molar refractivity (Wildman–Crippen MR) is 89.3 cm³/mol. The summed E-state index contributed by atoms with van der Waals surface area (Å²) in [7, 11) is 1.34. The van der Waals surface area contributed by atoms with Gasteiger partial charge in [0.15, 0.2) is 0 Å². The SMILES string of the molecule is COC(=O)NCCCn1cc(C(C)NC2CC2)c2cc(F)cnc21. The van der Waals surface area contributed by atoms with Crippen molar-refractivity contribution in [2.24, 2.45) is 0 Å². The molecule has 0 saturated heterocycles. The summed E-state index contributed by atoms with van der Waals surface area (Å²) in [6.07, 6.45) is 5.99. The zero-order valence-corrected chi connectivity index (χ0v) is 14.0. The number of carbonyl (C=O) groups is 1. The fraction of sp³-hybridized carbons (Fsp3) is 0.529. The van der Waals surface area contributed by atoms with Gasteiger partial charge in [-0.15, -0.1) is 0 Å². The topological polar surface area (TPSA) is 68.2 Å². The third-order valence-electron chi connectivity index (χ3n) is 4.27. The van der Waals surface area contributed by atoms with E-state index >= 15 is 0 Å². The largest absolute Gasteiger partial charge is 0.453 e. The van der Waals surface area contributed by atoms with Crippen LogP contribution in [0.25, 0.3) is 11.0 Å². The normalized spacial score (nSPS) is 15.5. The Balaban J connectivity index is 1.75. The summed E-state index contributed by atoms with van der Waals surface area (Å²) in [4.78, 5) is 15.3. The molecule has 1 saturated carbocycles. The number of methoxy groups -OCH3 is 1. The number of hydrogen-bond acceptors (Lipinski definition) is 4. The smallest absolute Gasteiger partial charge is 0.406 e. The number of nitrogens with one attached hydrogen (secondary N) is 2. The Hall–Kier alpha value is -2.15. The number of hydrogen-bond donors (Lipinski definition) is 2. The lowest BCUT2D eigenvalue weighted by molar-refractivity contribution is 0.171. The second kappa shape index (κ2) is 7.17. The van der Waals surface area contributed by atoms with Crippen LogP contribution in [-0.4, -0.2) is 35.3 Å². The van der Waals surface area contributed by atoms with Crippen molar-refractivity contribution >= 4 is 17.1 Å². The van der Waals surface area contributed by atoms with E-state index in [0.717, 1.165) is 23.0 Å². The molecule has 0 radical (unpaired) electrons. The average Bonchev–Trinajstić information content (AvgIpc) is 3.31. The number of rotatable bonds is 7. The van der Waals surface area contributed by atoms with Crippen LogP contribution < -0.4 is 10.6 Å². The highest BCUT2D eigenvalue weighted by Gasteiger charge is 2.25. The number of nitrogens with zero attached hydrogens (tertiary/aromatic N) is 2. The minimum atomic E-state index is -0.435. The van der Waals surface area contributed by atoms with Crippen molar-refractivity contribution in [2.45, 2.75) is 44.8 Å². The molecule has 1 fully saturated rings. The number of pyridine rings is 1. The van der Waals surface area contributed by atoms with Crippen LogP contribution in [0.2, 0.25) is 0 Å². The highest BCUT2D eigenvalue weighted by molar-refractivity contribution is 5.81. The summed E-state index contributed by atoms with van der Waals surface area (Å²) in [6, 6.07) is 2.27. The summed E-state index contributed by atoms with van der Waals surface area (Å²) in [5.41, 5.74) is 1.83. The summed E-state index contributed by atoms with van der Waals surface area (Å²) in [5, 5.41) is 7.05. The minimum Gasteiger partial charge on any atom is -0.453 e. The Kier molecular flexibility index (Phi) is 4.99. The lowest BCUT2D eigenvalue weighted by Gasteiger charge is -2.12. The molecule has 1 aliphatic carbocycles. The fourth-order valence-electron chi connectivity index (χ4n) is 2.89. The lowest BCUT2D eigenvalue weighted by atomic mass is 10.1. The molecule has 2 heterocycles. The first-order valence-electron chi connectivity index (χ1n) is 8.30. The summed E-state index contributed by atoms with van der Waals surface area (Å²) in [5.74, 6) is -0.326. The van der Waals surface area contributed by atoms with Gasteiger partial charge in [0.25, 0.3) is 0 Å². The molecule has 0 spiro atoms. The Morgan fingerprint density at radius 3 is 3.04 bits per heavy atom. The van der Waals surface area contributed by atoms with Gasteiger partial charge >= 0.3 is 6.09 Å². The van der Waals surface area contributed by atoms with Crippen LogP contribution in [0.3, 0.4) is 0 Å². The zero-order chi connectivity index (χ0) is 17.1. The molecule has 1 atom stereocenters. The van der Waals surface area contributed by atoms with Gasteiger partial charge in [-0.05, 0) is 37.8 Å². The Morgan fingerprint density at radius 1 is 1.54 bits per heavy atom. The average molecular weight is 334 g/mol. The lowest BCUT2D eigenvalue weighted by Crippen LogP contribution is -2.24. The molecule has 0 aliphatic heterocycles. The number of carbonyl (C=O) groups excluding carboxylic acids is 1. The van der Waals surface area contributed by atoms with Crippen molar-refractivity contribution in [1.82, 2.24) is 20.2 Å². The molecule has 2 aromatic rings. The van der Waals surface area contributed by atoms with Crippen molar-refractivity contribution in [1.29, 1.82) is 0 Å². The number of alkyl carbamates (subject to hydrolysis) is 1. The fourth-order valence-corrected chi connectivity index (χ4v) is 2.89. The van der Waals surface area contributed by atoms with E-state index in [2.05, 4.69) is 27.3 Å². The standard InChI is InChI=1S/C17H23FN4O2/c1-11(21-13-4-5-13)15-10-22(7-3-6-19-17(23)24-2)16-14(15)8-12(18)9-20-16/h8-11,13,21H,3-7H2,1-2H3,(H,19,23). The summed E-state index contributed by atoms with van der Waals surface area (Å²) < 4.78 is 20.2. The molecule has 130 valence electrons. The van der Waals surface area contributed by atoms with E-state index in [4.69, 9.17) is 0 Å². The maximum absolute atomic E-state index is 13.6. The Labute approximate surface area is 140 Å². The monoisotopic (exact) mass is 334 g/mol. The number of fused-ring (bicyclic) bond motifs is 1.